The average Bonchev–Trinajstić information content (AvgIpc) is 2.73. The molecule has 2 fully saturated rings. The van der Waals surface area contributed by atoms with Crippen molar-refractivity contribution in [2.45, 2.75) is 57.9 Å². The maximum Gasteiger partial charge on any atom is 0.416 e. The van der Waals surface area contributed by atoms with E-state index < -0.39 is 23.4 Å². The molecule has 3 rings (SSSR count). The molecular weight excluding hydrogens is 451 g/mol. The van der Waals surface area contributed by atoms with Crippen LogP contribution in [0.25, 0.3) is 0 Å². The molecule has 2 saturated heterocycles. The Bertz CT molecular complexity index is 869. The summed E-state index contributed by atoms with van der Waals surface area (Å²) in [6.45, 7) is 9.17. The summed E-state index contributed by atoms with van der Waals surface area (Å²) in [7, 11) is 0. The minimum Gasteiger partial charge on any atom is -0.465 e. The van der Waals surface area contributed by atoms with Gasteiger partial charge in [0.1, 0.15) is 5.60 Å². The van der Waals surface area contributed by atoms with Gasteiger partial charge in [0, 0.05) is 32.7 Å². The molecule has 1 N–H and O–H groups in total. The Morgan fingerprint density at radius 3 is 2.15 bits per heavy atom. The second-order valence-electron chi connectivity index (χ2n) is 10.1. The normalized spacial score (nSPS) is 19.3. The number of esters is 1. The van der Waals surface area contributed by atoms with Crippen LogP contribution < -0.4 is 0 Å². The van der Waals surface area contributed by atoms with Gasteiger partial charge < -0.3 is 14.7 Å². The number of hydrogen-bond donors (Lipinski definition) is 1. The third-order valence-electron chi connectivity index (χ3n) is 6.31. The molecule has 0 bridgehead atoms. The number of piperazine rings is 1. The summed E-state index contributed by atoms with van der Waals surface area (Å²) in [5.41, 5.74) is 0.339. The van der Waals surface area contributed by atoms with Crippen LogP contribution in [0, 0.1) is 0 Å². The SMILES string of the molecule is CC(C)(C)OC(=O)CN1CCC(c2cc(C(F)(F)F)ccc2CN2CCN(C(=O)O)CC2)CC1. The summed E-state index contributed by atoms with van der Waals surface area (Å²) >= 11 is 0. The fourth-order valence-electron chi connectivity index (χ4n) is 4.59. The first-order valence-corrected chi connectivity index (χ1v) is 11.7. The monoisotopic (exact) mass is 485 g/mol. The van der Waals surface area contributed by atoms with E-state index in [2.05, 4.69) is 4.90 Å². The van der Waals surface area contributed by atoms with Crippen molar-refractivity contribution in [2.75, 3.05) is 45.8 Å². The van der Waals surface area contributed by atoms with E-state index in [4.69, 9.17) is 9.84 Å². The van der Waals surface area contributed by atoms with E-state index in [0.29, 0.717) is 64.2 Å². The van der Waals surface area contributed by atoms with Gasteiger partial charge in [0.15, 0.2) is 0 Å². The Kier molecular flexibility index (Phi) is 8.13. The number of halogens is 3. The number of carbonyl (C=O) groups excluding carboxylic acids is 1. The number of ether oxygens (including phenoxy) is 1. The van der Waals surface area contributed by atoms with E-state index in [0.717, 1.165) is 11.6 Å². The number of amides is 1. The lowest BCUT2D eigenvalue weighted by molar-refractivity contribution is -0.156. The smallest absolute Gasteiger partial charge is 0.416 e. The molecule has 2 aliphatic heterocycles. The van der Waals surface area contributed by atoms with Gasteiger partial charge in [-0.05, 0) is 75.9 Å². The molecule has 34 heavy (non-hydrogen) atoms. The van der Waals surface area contributed by atoms with Gasteiger partial charge in [-0.1, -0.05) is 6.07 Å². The van der Waals surface area contributed by atoms with Crippen LogP contribution in [-0.4, -0.2) is 83.3 Å². The summed E-state index contributed by atoms with van der Waals surface area (Å²) in [6.07, 6.45) is -4.06. The van der Waals surface area contributed by atoms with Crippen molar-refractivity contribution in [1.29, 1.82) is 0 Å². The fourth-order valence-corrected chi connectivity index (χ4v) is 4.59. The summed E-state index contributed by atoms with van der Waals surface area (Å²) in [5, 5.41) is 9.13. The first-order chi connectivity index (χ1) is 15.8. The van der Waals surface area contributed by atoms with Gasteiger partial charge in [0.05, 0.1) is 12.1 Å². The van der Waals surface area contributed by atoms with E-state index in [1.165, 1.54) is 11.0 Å². The highest BCUT2D eigenvalue weighted by atomic mass is 19.4. The van der Waals surface area contributed by atoms with E-state index in [1.54, 1.807) is 6.07 Å². The number of piperidine rings is 1. The van der Waals surface area contributed by atoms with Gasteiger partial charge in [-0.25, -0.2) is 4.79 Å². The maximum absolute atomic E-state index is 13.5. The minimum atomic E-state index is -4.42. The van der Waals surface area contributed by atoms with Crippen molar-refractivity contribution in [1.82, 2.24) is 14.7 Å². The van der Waals surface area contributed by atoms with Crippen molar-refractivity contribution in [3.63, 3.8) is 0 Å². The van der Waals surface area contributed by atoms with E-state index >= 15 is 0 Å². The molecule has 2 heterocycles. The Morgan fingerprint density at radius 1 is 1.00 bits per heavy atom. The molecule has 0 aromatic heterocycles. The molecular formula is C24H34F3N3O4. The van der Waals surface area contributed by atoms with E-state index in [1.807, 2.05) is 25.7 Å². The number of hydrogen-bond acceptors (Lipinski definition) is 5. The molecule has 10 heteroatoms. The molecule has 0 aliphatic carbocycles. The largest absolute Gasteiger partial charge is 0.465 e. The van der Waals surface area contributed by atoms with Crippen molar-refractivity contribution in [3.05, 3.63) is 34.9 Å². The molecule has 0 spiro atoms. The number of carboxylic acid groups (broad SMARTS) is 1. The van der Waals surface area contributed by atoms with Crippen molar-refractivity contribution < 1.29 is 32.6 Å². The number of nitrogens with zero attached hydrogens (tertiary/aromatic N) is 3. The van der Waals surface area contributed by atoms with Gasteiger partial charge >= 0.3 is 18.2 Å². The predicted molar refractivity (Wildman–Crippen MR) is 121 cm³/mol. The highest BCUT2D eigenvalue weighted by Crippen LogP contribution is 2.36. The Morgan fingerprint density at radius 2 is 1.62 bits per heavy atom. The fraction of sp³-hybridized carbons (Fsp3) is 0.667. The molecule has 190 valence electrons. The predicted octanol–water partition coefficient (Wildman–Crippen LogP) is 4.02. The van der Waals surface area contributed by atoms with Gasteiger partial charge in [-0.15, -0.1) is 0 Å². The zero-order valence-corrected chi connectivity index (χ0v) is 20.0. The van der Waals surface area contributed by atoms with Gasteiger partial charge in [-0.2, -0.15) is 13.2 Å². The summed E-state index contributed by atoms with van der Waals surface area (Å²) in [5.74, 6) is -0.335. The van der Waals surface area contributed by atoms with Crippen molar-refractivity contribution in [2.24, 2.45) is 0 Å². The number of carbonyl (C=O) groups is 2. The minimum absolute atomic E-state index is 0.0347. The third-order valence-corrected chi connectivity index (χ3v) is 6.31. The zero-order chi connectivity index (χ0) is 25.1. The second-order valence-corrected chi connectivity index (χ2v) is 10.1. The number of alkyl halides is 3. The number of likely N-dealkylation sites (tertiary alicyclic amines) is 1. The highest BCUT2D eigenvalue weighted by molar-refractivity contribution is 5.72. The topological polar surface area (TPSA) is 73.3 Å². The van der Waals surface area contributed by atoms with Gasteiger partial charge in [-0.3, -0.25) is 14.6 Å². The summed E-state index contributed by atoms with van der Waals surface area (Å²) in [6, 6.07) is 3.97. The summed E-state index contributed by atoms with van der Waals surface area (Å²) in [4.78, 5) is 28.7. The molecule has 0 radical (unpaired) electrons. The lowest BCUT2D eigenvalue weighted by Crippen LogP contribution is -2.47. The third kappa shape index (κ3) is 7.33. The highest BCUT2D eigenvalue weighted by Gasteiger charge is 2.33. The Balaban J connectivity index is 1.68. The molecule has 0 unspecified atom stereocenters. The van der Waals surface area contributed by atoms with Gasteiger partial charge in [0.2, 0.25) is 0 Å². The zero-order valence-electron chi connectivity index (χ0n) is 20.0. The number of benzene rings is 1. The van der Waals surface area contributed by atoms with Crippen LogP contribution in [0.4, 0.5) is 18.0 Å². The summed E-state index contributed by atoms with van der Waals surface area (Å²) < 4.78 is 45.7. The molecule has 2 aliphatic rings. The second kappa shape index (κ2) is 10.5. The molecule has 0 atom stereocenters. The Hall–Kier alpha value is -2.33. The van der Waals surface area contributed by atoms with Crippen LogP contribution >= 0.6 is 0 Å². The quantitative estimate of drug-likeness (QED) is 0.635. The molecule has 1 aromatic carbocycles. The Labute approximate surface area is 198 Å². The van der Waals surface area contributed by atoms with Crippen LogP contribution in [0.5, 0.6) is 0 Å². The van der Waals surface area contributed by atoms with Crippen molar-refractivity contribution >= 4 is 12.1 Å². The van der Waals surface area contributed by atoms with Crippen LogP contribution in [0.15, 0.2) is 18.2 Å². The molecule has 1 aromatic rings. The van der Waals surface area contributed by atoms with E-state index in [-0.39, 0.29) is 18.4 Å². The average molecular weight is 486 g/mol. The first-order valence-electron chi connectivity index (χ1n) is 11.7. The van der Waals surface area contributed by atoms with Crippen LogP contribution in [0.2, 0.25) is 0 Å². The molecule has 7 nitrogen and oxygen atoms in total. The van der Waals surface area contributed by atoms with Crippen LogP contribution in [0.1, 0.15) is 56.2 Å². The lowest BCUT2D eigenvalue weighted by Gasteiger charge is -2.35. The van der Waals surface area contributed by atoms with Gasteiger partial charge in [0.25, 0.3) is 0 Å². The van der Waals surface area contributed by atoms with Crippen molar-refractivity contribution in [3.8, 4) is 0 Å². The molecule has 0 saturated carbocycles. The lowest BCUT2D eigenvalue weighted by atomic mass is 9.85. The number of rotatable bonds is 5. The molecule has 1 amide bonds. The van der Waals surface area contributed by atoms with E-state index in [9.17, 15) is 22.8 Å². The van der Waals surface area contributed by atoms with Crippen LogP contribution in [-0.2, 0) is 22.3 Å². The maximum atomic E-state index is 13.5. The standard InChI is InChI=1S/C24H34F3N3O4/c1-23(2,3)34-21(31)16-28-8-6-17(7-9-28)20-14-19(24(25,26)27)5-4-18(20)15-29-10-12-30(13-11-29)22(32)33/h4-5,14,17H,6-13,15-16H2,1-3H3,(H,32,33). The van der Waals surface area contributed by atoms with Crippen LogP contribution in [0.3, 0.4) is 0 Å². The first kappa shape index (κ1) is 26.3.